The van der Waals surface area contributed by atoms with Crippen LogP contribution in [0.5, 0.6) is 0 Å². The molecule has 0 radical (unpaired) electrons. The van der Waals surface area contributed by atoms with Gasteiger partial charge in [0, 0.05) is 21.2 Å². The fourth-order valence-electron chi connectivity index (χ4n) is 1.56. The lowest BCUT2D eigenvalue weighted by atomic mass is 10.1. The number of halogens is 5. The molecule has 1 N–H and O–H groups in total. The van der Waals surface area contributed by atoms with Crippen molar-refractivity contribution in [3.8, 4) is 11.1 Å². The Kier molecular flexibility index (Phi) is 3.60. The van der Waals surface area contributed by atoms with Crippen molar-refractivity contribution in [2.75, 3.05) is 0 Å². The topological polar surface area (TPSA) is 32.9 Å². The largest absolute Gasteiger partial charge is 0.431 e. The zero-order chi connectivity index (χ0) is 14.2. The Morgan fingerprint density at radius 1 is 1.00 bits per heavy atom. The second-order valence-electron chi connectivity index (χ2n) is 3.74. The van der Waals surface area contributed by atoms with E-state index in [1.54, 1.807) is 4.98 Å². The van der Waals surface area contributed by atoms with Gasteiger partial charge in [0.25, 0.3) is 5.56 Å². The fourth-order valence-corrected chi connectivity index (χ4v) is 1.95. The molecule has 1 aromatic carbocycles. The fraction of sp³-hybridized carbons (Fsp3) is 0.0833. The van der Waals surface area contributed by atoms with Gasteiger partial charge in [-0.1, -0.05) is 23.2 Å². The summed E-state index contributed by atoms with van der Waals surface area (Å²) in [7, 11) is 0. The minimum Gasteiger partial charge on any atom is -0.318 e. The second kappa shape index (κ2) is 4.90. The van der Waals surface area contributed by atoms with Gasteiger partial charge in [-0.25, -0.2) is 0 Å². The van der Waals surface area contributed by atoms with E-state index < -0.39 is 17.4 Å². The third kappa shape index (κ3) is 2.93. The van der Waals surface area contributed by atoms with E-state index in [9.17, 15) is 18.0 Å². The standard InChI is InChI=1S/C12H6Cl2F3NO/c13-6-1-3-9(14)8(5-6)7-2-4-10(12(15,16)17)18-11(7)19/h1-5H,(H,18,19). The number of aromatic nitrogens is 1. The van der Waals surface area contributed by atoms with E-state index in [-0.39, 0.29) is 16.1 Å². The molecule has 2 nitrogen and oxygen atoms in total. The Labute approximate surface area is 115 Å². The third-order valence-electron chi connectivity index (χ3n) is 2.43. The van der Waals surface area contributed by atoms with Crippen molar-refractivity contribution in [3.63, 3.8) is 0 Å². The predicted molar refractivity (Wildman–Crippen MR) is 67.5 cm³/mol. The molecule has 1 heterocycles. The van der Waals surface area contributed by atoms with E-state index in [0.29, 0.717) is 5.02 Å². The summed E-state index contributed by atoms with van der Waals surface area (Å²) in [5, 5.41) is 0.563. The summed E-state index contributed by atoms with van der Waals surface area (Å²) in [4.78, 5) is 13.5. The molecule has 2 rings (SSSR count). The zero-order valence-corrected chi connectivity index (χ0v) is 10.7. The Bertz CT molecular complexity index is 679. The van der Waals surface area contributed by atoms with Gasteiger partial charge in [-0.15, -0.1) is 0 Å². The number of alkyl halides is 3. The van der Waals surface area contributed by atoms with Gasteiger partial charge in [0.05, 0.1) is 0 Å². The van der Waals surface area contributed by atoms with Gasteiger partial charge in [0.15, 0.2) is 0 Å². The van der Waals surface area contributed by atoms with Crippen molar-refractivity contribution in [2.24, 2.45) is 0 Å². The maximum atomic E-state index is 12.4. The smallest absolute Gasteiger partial charge is 0.318 e. The number of hydrogen-bond acceptors (Lipinski definition) is 1. The highest BCUT2D eigenvalue weighted by molar-refractivity contribution is 6.35. The molecule has 0 aliphatic heterocycles. The number of rotatable bonds is 1. The van der Waals surface area contributed by atoms with Crippen LogP contribution in [-0.4, -0.2) is 4.98 Å². The van der Waals surface area contributed by atoms with Gasteiger partial charge in [-0.2, -0.15) is 13.2 Å². The van der Waals surface area contributed by atoms with E-state index in [4.69, 9.17) is 23.2 Å². The molecule has 0 spiro atoms. The monoisotopic (exact) mass is 307 g/mol. The average Bonchev–Trinajstić information content (AvgIpc) is 2.31. The van der Waals surface area contributed by atoms with E-state index in [0.717, 1.165) is 12.1 Å². The molecule has 0 saturated heterocycles. The van der Waals surface area contributed by atoms with Crippen LogP contribution in [0.25, 0.3) is 11.1 Å². The highest BCUT2D eigenvalue weighted by Crippen LogP contribution is 2.31. The lowest BCUT2D eigenvalue weighted by molar-refractivity contribution is -0.141. The summed E-state index contributed by atoms with van der Waals surface area (Å²) in [6.07, 6.45) is -4.60. The van der Waals surface area contributed by atoms with Crippen LogP contribution in [0.3, 0.4) is 0 Å². The van der Waals surface area contributed by atoms with Crippen LogP contribution in [0.15, 0.2) is 35.1 Å². The van der Waals surface area contributed by atoms with Crippen LogP contribution in [0.4, 0.5) is 13.2 Å². The van der Waals surface area contributed by atoms with Gasteiger partial charge in [-0.05, 0) is 30.3 Å². The number of benzene rings is 1. The van der Waals surface area contributed by atoms with Crippen molar-refractivity contribution in [1.29, 1.82) is 0 Å². The zero-order valence-electron chi connectivity index (χ0n) is 9.18. The van der Waals surface area contributed by atoms with Crippen LogP contribution >= 0.6 is 23.2 Å². The normalized spacial score (nSPS) is 11.6. The molecule has 7 heteroatoms. The van der Waals surface area contributed by atoms with Gasteiger partial charge in [0.2, 0.25) is 0 Å². The molecule has 0 unspecified atom stereocenters. The first kappa shape index (κ1) is 14.0. The quantitative estimate of drug-likeness (QED) is 0.834. The molecule has 0 aliphatic rings. The average molecular weight is 308 g/mol. The number of pyridine rings is 1. The number of hydrogen-bond donors (Lipinski definition) is 1. The highest BCUT2D eigenvalue weighted by Gasteiger charge is 2.32. The number of H-pyrrole nitrogens is 1. The van der Waals surface area contributed by atoms with Crippen LogP contribution in [-0.2, 0) is 6.18 Å². The molecule has 0 saturated carbocycles. The Hall–Kier alpha value is -1.46. The van der Waals surface area contributed by atoms with Crippen molar-refractivity contribution >= 4 is 23.2 Å². The molecule has 100 valence electrons. The lowest BCUT2D eigenvalue weighted by Gasteiger charge is -2.08. The SMILES string of the molecule is O=c1[nH]c(C(F)(F)F)ccc1-c1cc(Cl)ccc1Cl. The Balaban J connectivity index is 2.59. The first-order valence-electron chi connectivity index (χ1n) is 5.05. The van der Waals surface area contributed by atoms with E-state index in [1.807, 2.05) is 0 Å². The lowest BCUT2D eigenvalue weighted by Crippen LogP contribution is -2.17. The van der Waals surface area contributed by atoms with Gasteiger partial charge >= 0.3 is 6.18 Å². The van der Waals surface area contributed by atoms with E-state index >= 15 is 0 Å². The van der Waals surface area contributed by atoms with Crippen LogP contribution < -0.4 is 5.56 Å². The minimum atomic E-state index is -4.60. The predicted octanol–water partition coefficient (Wildman–Crippen LogP) is 4.37. The number of aromatic amines is 1. The summed E-state index contributed by atoms with van der Waals surface area (Å²) in [6, 6.07) is 6.26. The third-order valence-corrected chi connectivity index (χ3v) is 3.00. The highest BCUT2D eigenvalue weighted by atomic mass is 35.5. The van der Waals surface area contributed by atoms with Crippen molar-refractivity contribution in [3.05, 3.63) is 56.4 Å². The Morgan fingerprint density at radius 3 is 2.26 bits per heavy atom. The molecule has 19 heavy (non-hydrogen) atoms. The molecular formula is C12H6Cl2F3NO. The van der Waals surface area contributed by atoms with Crippen LogP contribution in [0.1, 0.15) is 5.69 Å². The van der Waals surface area contributed by atoms with Gasteiger partial charge < -0.3 is 4.98 Å². The molecular weight excluding hydrogens is 302 g/mol. The summed E-state index contributed by atoms with van der Waals surface area (Å²) in [5.41, 5.74) is -1.68. The van der Waals surface area contributed by atoms with Crippen molar-refractivity contribution < 1.29 is 13.2 Å². The summed E-state index contributed by atoms with van der Waals surface area (Å²) < 4.78 is 37.3. The maximum Gasteiger partial charge on any atom is 0.431 e. The van der Waals surface area contributed by atoms with Crippen LogP contribution in [0.2, 0.25) is 10.0 Å². The van der Waals surface area contributed by atoms with Crippen molar-refractivity contribution in [1.82, 2.24) is 4.98 Å². The van der Waals surface area contributed by atoms with Crippen molar-refractivity contribution in [2.45, 2.75) is 6.18 Å². The Morgan fingerprint density at radius 2 is 1.68 bits per heavy atom. The molecule has 2 aromatic rings. The first-order chi connectivity index (χ1) is 8.79. The summed E-state index contributed by atoms with van der Waals surface area (Å²) >= 11 is 11.7. The first-order valence-corrected chi connectivity index (χ1v) is 5.80. The van der Waals surface area contributed by atoms with Gasteiger partial charge in [0.1, 0.15) is 5.69 Å². The summed E-state index contributed by atoms with van der Waals surface area (Å²) in [5.74, 6) is 0. The second-order valence-corrected chi connectivity index (χ2v) is 4.58. The molecule has 0 bridgehead atoms. The minimum absolute atomic E-state index is 0.0282. The van der Waals surface area contributed by atoms with E-state index in [1.165, 1.54) is 18.2 Å². The molecule has 0 fully saturated rings. The maximum absolute atomic E-state index is 12.4. The summed E-state index contributed by atoms with van der Waals surface area (Å²) in [6.45, 7) is 0. The molecule has 0 atom stereocenters. The van der Waals surface area contributed by atoms with E-state index in [2.05, 4.69) is 0 Å². The molecule has 0 aliphatic carbocycles. The molecule has 0 amide bonds. The molecule has 1 aromatic heterocycles. The number of nitrogens with one attached hydrogen (secondary N) is 1. The van der Waals surface area contributed by atoms with Crippen LogP contribution in [0, 0.1) is 0 Å². The van der Waals surface area contributed by atoms with Gasteiger partial charge in [-0.3, -0.25) is 4.79 Å².